The van der Waals surface area contributed by atoms with Crippen LogP contribution in [-0.2, 0) is 15.6 Å². The second-order valence-electron chi connectivity index (χ2n) is 9.35. The molecule has 0 amide bonds. The van der Waals surface area contributed by atoms with Gasteiger partial charge >= 0.3 is 0 Å². The van der Waals surface area contributed by atoms with Crippen molar-refractivity contribution in [1.29, 1.82) is 0 Å². The third kappa shape index (κ3) is 4.59. The minimum atomic E-state index is -0.126. The smallest absolute Gasteiger partial charge is 0.197 e. The van der Waals surface area contributed by atoms with Gasteiger partial charge in [0.05, 0.1) is 12.2 Å². The summed E-state index contributed by atoms with van der Waals surface area (Å²) in [4.78, 5) is 13.6. The molecule has 0 spiro atoms. The van der Waals surface area contributed by atoms with E-state index in [1.165, 1.54) is 0 Å². The van der Waals surface area contributed by atoms with Gasteiger partial charge in [0.1, 0.15) is 18.5 Å². The molecule has 3 nitrogen and oxygen atoms in total. The number of para-hydroxylation sites is 1. The van der Waals surface area contributed by atoms with Crippen molar-refractivity contribution in [2.24, 2.45) is 0 Å². The average Bonchev–Trinajstić information content (AvgIpc) is 3.42. The first kappa shape index (κ1) is 19.6. The summed E-state index contributed by atoms with van der Waals surface area (Å²) in [6.07, 6.45) is 0.155. The molecule has 0 bridgehead atoms. The van der Waals surface area contributed by atoms with Gasteiger partial charge in [0, 0.05) is 5.56 Å². The molecule has 1 atom stereocenters. The van der Waals surface area contributed by atoms with Gasteiger partial charge in [-0.1, -0.05) is 65.8 Å². The largest absolute Gasteiger partial charge is 0.490 e. The fraction of sp³-hybridized carbons (Fsp3) is 0.458. The monoisotopic (exact) mass is 366 g/mol. The van der Waals surface area contributed by atoms with Gasteiger partial charge in [-0.2, -0.15) is 0 Å². The molecule has 0 aliphatic carbocycles. The molecule has 1 aliphatic heterocycles. The standard InChI is InChI=1S/C24H30O3/c1-23(2,3)16-11-12-20(24(4,5)6)19(13-16)22(25)18-9-7-8-10-21(18)27-15-17-14-26-17/h7-13,17H,14-15H2,1-6H3. The van der Waals surface area contributed by atoms with Crippen LogP contribution in [0.3, 0.4) is 0 Å². The van der Waals surface area contributed by atoms with Crippen LogP contribution in [0.1, 0.15) is 68.6 Å². The van der Waals surface area contributed by atoms with Gasteiger partial charge in [0.15, 0.2) is 5.78 Å². The minimum absolute atomic E-state index is 0.0124. The lowest BCUT2D eigenvalue weighted by Crippen LogP contribution is -2.20. The molecule has 1 aliphatic rings. The first-order valence-electron chi connectivity index (χ1n) is 9.60. The normalized spacial score (nSPS) is 16.9. The Morgan fingerprint density at radius 2 is 1.67 bits per heavy atom. The van der Waals surface area contributed by atoms with Crippen molar-refractivity contribution in [2.75, 3.05) is 13.2 Å². The molecule has 0 saturated carbocycles. The minimum Gasteiger partial charge on any atom is -0.490 e. The van der Waals surface area contributed by atoms with E-state index < -0.39 is 0 Å². The summed E-state index contributed by atoms with van der Waals surface area (Å²) in [5, 5.41) is 0. The maximum Gasteiger partial charge on any atom is 0.197 e. The van der Waals surface area contributed by atoms with Crippen LogP contribution in [0.4, 0.5) is 0 Å². The van der Waals surface area contributed by atoms with E-state index in [1.807, 2.05) is 24.3 Å². The van der Waals surface area contributed by atoms with Gasteiger partial charge in [-0.05, 0) is 40.2 Å². The van der Waals surface area contributed by atoms with Crippen LogP contribution in [0.2, 0.25) is 0 Å². The summed E-state index contributed by atoms with van der Waals surface area (Å²) >= 11 is 0. The van der Waals surface area contributed by atoms with Crippen molar-refractivity contribution in [1.82, 2.24) is 0 Å². The predicted molar refractivity (Wildman–Crippen MR) is 109 cm³/mol. The Labute approximate surface area is 162 Å². The molecule has 27 heavy (non-hydrogen) atoms. The van der Waals surface area contributed by atoms with E-state index in [0.29, 0.717) is 17.9 Å². The number of carbonyl (C=O) groups is 1. The lowest BCUT2D eigenvalue weighted by molar-refractivity contribution is 0.103. The van der Waals surface area contributed by atoms with Gasteiger partial charge in [0.25, 0.3) is 0 Å². The lowest BCUT2D eigenvalue weighted by atomic mass is 9.78. The Hall–Kier alpha value is -2.13. The SMILES string of the molecule is CC(C)(C)c1ccc(C(C)(C)C)c(C(=O)c2ccccc2OCC2CO2)c1. The fourth-order valence-electron chi connectivity index (χ4n) is 3.12. The summed E-state index contributed by atoms with van der Waals surface area (Å²) in [6, 6.07) is 13.8. The van der Waals surface area contributed by atoms with Crippen LogP contribution in [0.15, 0.2) is 42.5 Å². The zero-order chi connectivity index (χ0) is 19.8. The third-order valence-electron chi connectivity index (χ3n) is 4.90. The maximum atomic E-state index is 13.6. The Morgan fingerprint density at radius 1 is 1.00 bits per heavy atom. The summed E-state index contributed by atoms with van der Waals surface area (Å²) in [5.41, 5.74) is 3.43. The number of hydrogen-bond acceptors (Lipinski definition) is 3. The molecule has 144 valence electrons. The molecule has 3 heteroatoms. The quantitative estimate of drug-likeness (QED) is 0.533. The average molecular weight is 367 g/mol. The highest BCUT2D eigenvalue weighted by atomic mass is 16.6. The van der Waals surface area contributed by atoms with Gasteiger partial charge in [-0.25, -0.2) is 0 Å². The topological polar surface area (TPSA) is 38.8 Å². The Morgan fingerprint density at radius 3 is 2.26 bits per heavy atom. The van der Waals surface area contributed by atoms with Crippen molar-refractivity contribution in [3.05, 3.63) is 64.7 Å². The molecule has 1 unspecified atom stereocenters. The molecule has 3 rings (SSSR count). The maximum absolute atomic E-state index is 13.6. The first-order valence-corrected chi connectivity index (χ1v) is 9.60. The second kappa shape index (κ2) is 7.12. The van der Waals surface area contributed by atoms with E-state index in [4.69, 9.17) is 9.47 Å². The molecule has 0 N–H and O–H groups in total. The summed E-state index contributed by atoms with van der Waals surface area (Å²) in [5.74, 6) is 0.636. The van der Waals surface area contributed by atoms with E-state index in [9.17, 15) is 4.79 Å². The van der Waals surface area contributed by atoms with Gasteiger partial charge < -0.3 is 9.47 Å². The van der Waals surface area contributed by atoms with Crippen LogP contribution < -0.4 is 4.74 Å². The van der Waals surface area contributed by atoms with Crippen LogP contribution in [0.25, 0.3) is 0 Å². The number of ether oxygens (including phenoxy) is 2. The van der Waals surface area contributed by atoms with Gasteiger partial charge in [0.2, 0.25) is 0 Å². The molecule has 0 radical (unpaired) electrons. The van der Waals surface area contributed by atoms with Crippen molar-refractivity contribution in [2.45, 2.75) is 58.5 Å². The molecule has 2 aromatic rings. The zero-order valence-electron chi connectivity index (χ0n) is 17.3. The number of benzene rings is 2. The molecular weight excluding hydrogens is 336 g/mol. The van der Waals surface area contributed by atoms with E-state index >= 15 is 0 Å². The van der Waals surface area contributed by atoms with Crippen LogP contribution in [0.5, 0.6) is 5.75 Å². The van der Waals surface area contributed by atoms with Crippen molar-refractivity contribution < 1.29 is 14.3 Å². The fourth-order valence-corrected chi connectivity index (χ4v) is 3.12. The predicted octanol–water partition coefficient (Wildman–Crippen LogP) is 5.29. The molecule has 1 fully saturated rings. The Kier molecular flexibility index (Phi) is 5.18. The first-order chi connectivity index (χ1) is 12.6. The number of carbonyl (C=O) groups excluding carboxylic acids is 1. The Balaban J connectivity index is 2.05. The molecule has 2 aromatic carbocycles. The third-order valence-corrected chi connectivity index (χ3v) is 4.90. The molecule has 1 heterocycles. The number of epoxide rings is 1. The second-order valence-corrected chi connectivity index (χ2v) is 9.35. The Bertz CT molecular complexity index is 833. The summed E-state index contributed by atoms with van der Waals surface area (Å²) in [6.45, 7) is 14.1. The number of hydrogen-bond donors (Lipinski definition) is 0. The van der Waals surface area contributed by atoms with Crippen molar-refractivity contribution >= 4 is 5.78 Å². The molecule has 0 aromatic heterocycles. The van der Waals surface area contributed by atoms with E-state index in [-0.39, 0.29) is 22.7 Å². The van der Waals surface area contributed by atoms with Gasteiger partial charge in [-0.15, -0.1) is 0 Å². The lowest BCUT2D eigenvalue weighted by Gasteiger charge is -2.26. The molecule has 1 saturated heterocycles. The van der Waals surface area contributed by atoms with Crippen molar-refractivity contribution in [3.63, 3.8) is 0 Å². The summed E-state index contributed by atoms with van der Waals surface area (Å²) < 4.78 is 11.1. The summed E-state index contributed by atoms with van der Waals surface area (Å²) in [7, 11) is 0. The van der Waals surface area contributed by atoms with Crippen molar-refractivity contribution in [3.8, 4) is 5.75 Å². The highest BCUT2D eigenvalue weighted by Gasteiger charge is 2.28. The van der Waals surface area contributed by atoms with E-state index in [0.717, 1.165) is 23.3 Å². The van der Waals surface area contributed by atoms with E-state index in [1.54, 1.807) is 0 Å². The van der Waals surface area contributed by atoms with E-state index in [2.05, 4.69) is 59.7 Å². The zero-order valence-corrected chi connectivity index (χ0v) is 17.3. The molecular formula is C24H30O3. The number of ketones is 1. The highest BCUT2D eigenvalue weighted by Crippen LogP contribution is 2.33. The van der Waals surface area contributed by atoms with Crippen LogP contribution >= 0.6 is 0 Å². The van der Waals surface area contributed by atoms with Crippen LogP contribution in [-0.4, -0.2) is 25.1 Å². The van der Waals surface area contributed by atoms with Crippen LogP contribution in [0, 0.1) is 0 Å². The number of rotatable bonds is 5. The van der Waals surface area contributed by atoms with Gasteiger partial charge in [-0.3, -0.25) is 4.79 Å². The highest BCUT2D eigenvalue weighted by molar-refractivity contribution is 6.12.